The fraction of sp³-hybridized carbons (Fsp3) is 0.727. The van der Waals surface area contributed by atoms with E-state index >= 15 is 0 Å². The van der Waals surface area contributed by atoms with Crippen molar-refractivity contribution in [2.45, 2.75) is 46.0 Å². The van der Waals surface area contributed by atoms with Gasteiger partial charge in [0.25, 0.3) is 0 Å². The molecular weight excluding hydrogens is 160 g/mol. The van der Waals surface area contributed by atoms with E-state index in [2.05, 4.69) is 10.5 Å². The molecule has 2 aliphatic rings. The first-order valence-electron chi connectivity index (χ1n) is 5.43. The Bertz CT molecular complexity index is 204. The van der Waals surface area contributed by atoms with Crippen molar-refractivity contribution >= 4 is 6.21 Å². The molecule has 0 saturated carbocycles. The number of hydrazone groups is 1. The first kappa shape index (κ1) is 10.3. The quantitative estimate of drug-likeness (QED) is 0.609. The summed E-state index contributed by atoms with van der Waals surface area (Å²) in [4.78, 5) is 0. The highest BCUT2D eigenvalue weighted by Crippen LogP contribution is 2.23. The zero-order valence-corrected chi connectivity index (χ0v) is 8.77. The predicted molar refractivity (Wildman–Crippen MR) is 58.0 cm³/mol. The van der Waals surface area contributed by atoms with Gasteiger partial charge in [0.1, 0.15) is 0 Å². The molecule has 2 heteroatoms. The van der Waals surface area contributed by atoms with E-state index in [-0.39, 0.29) is 0 Å². The molecule has 13 heavy (non-hydrogen) atoms. The Kier molecular flexibility index (Phi) is 4.58. The molecule has 0 unspecified atom stereocenters. The molecule has 0 amide bonds. The maximum atomic E-state index is 4.07. The summed E-state index contributed by atoms with van der Waals surface area (Å²) in [5, 5.41) is 4.07. The van der Waals surface area contributed by atoms with Crippen molar-refractivity contribution in [1.29, 1.82) is 0 Å². The summed E-state index contributed by atoms with van der Waals surface area (Å²) >= 11 is 0. The van der Waals surface area contributed by atoms with E-state index in [9.17, 15) is 0 Å². The Hall–Kier alpha value is -0.790. The normalized spacial score (nSPS) is 20.8. The lowest BCUT2D eigenvalue weighted by atomic mass is 10.0. The highest BCUT2D eigenvalue weighted by atomic mass is 15.3. The fourth-order valence-corrected chi connectivity index (χ4v) is 1.79. The van der Waals surface area contributed by atoms with Crippen LogP contribution < -0.4 is 5.43 Å². The number of hydrogen-bond donors (Lipinski definition) is 1. The molecule has 0 spiro atoms. The topological polar surface area (TPSA) is 24.4 Å². The standard InChI is InChI=1S/C9H14N2.C2H6/c1-2-4-8-6-10-11-7-9(8)5-3-1;1-2/h6,11H,1-5,7H2;1-2H3. The van der Waals surface area contributed by atoms with E-state index in [4.69, 9.17) is 0 Å². The van der Waals surface area contributed by atoms with E-state index in [0.29, 0.717) is 0 Å². The third-order valence-corrected chi connectivity index (χ3v) is 2.48. The Morgan fingerprint density at radius 3 is 2.77 bits per heavy atom. The van der Waals surface area contributed by atoms with Gasteiger partial charge in [-0.15, -0.1) is 0 Å². The average Bonchev–Trinajstić information content (AvgIpc) is 2.45. The molecule has 1 aliphatic carbocycles. The molecule has 0 aromatic heterocycles. The Morgan fingerprint density at radius 1 is 1.15 bits per heavy atom. The van der Waals surface area contributed by atoms with Gasteiger partial charge in [-0.25, -0.2) is 0 Å². The van der Waals surface area contributed by atoms with Crippen LogP contribution in [0.25, 0.3) is 0 Å². The number of nitrogens with one attached hydrogen (secondary N) is 1. The third-order valence-electron chi connectivity index (χ3n) is 2.48. The molecule has 0 aromatic carbocycles. The lowest BCUT2D eigenvalue weighted by molar-refractivity contribution is 0.695. The largest absolute Gasteiger partial charge is 0.306 e. The Morgan fingerprint density at radius 2 is 1.92 bits per heavy atom. The lowest BCUT2D eigenvalue weighted by Gasteiger charge is -2.13. The van der Waals surface area contributed by atoms with Crippen molar-refractivity contribution in [1.82, 2.24) is 5.43 Å². The van der Waals surface area contributed by atoms with Crippen molar-refractivity contribution in [2.75, 3.05) is 6.54 Å². The average molecular weight is 180 g/mol. The maximum absolute atomic E-state index is 4.07. The zero-order chi connectivity index (χ0) is 9.52. The van der Waals surface area contributed by atoms with Gasteiger partial charge in [0.2, 0.25) is 0 Å². The Balaban J connectivity index is 0.000000396. The minimum absolute atomic E-state index is 0.992. The van der Waals surface area contributed by atoms with Crippen LogP contribution in [0.15, 0.2) is 16.2 Å². The summed E-state index contributed by atoms with van der Waals surface area (Å²) in [5.41, 5.74) is 6.12. The first-order chi connectivity index (χ1) is 6.47. The molecule has 0 saturated heterocycles. The molecule has 0 radical (unpaired) electrons. The molecule has 1 N–H and O–H groups in total. The number of rotatable bonds is 0. The second-order valence-corrected chi connectivity index (χ2v) is 3.28. The summed E-state index contributed by atoms with van der Waals surface area (Å²) in [6.07, 6.45) is 8.65. The van der Waals surface area contributed by atoms with Crippen molar-refractivity contribution in [3.63, 3.8) is 0 Å². The lowest BCUT2D eigenvalue weighted by Crippen LogP contribution is -2.17. The summed E-state index contributed by atoms with van der Waals surface area (Å²) in [5.74, 6) is 0. The van der Waals surface area contributed by atoms with Gasteiger partial charge in [-0.2, -0.15) is 5.10 Å². The van der Waals surface area contributed by atoms with Crippen LogP contribution in [0.2, 0.25) is 0 Å². The molecule has 2 nitrogen and oxygen atoms in total. The van der Waals surface area contributed by atoms with E-state index < -0.39 is 0 Å². The summed E-state index contributed by atoms with van der Waals surface area (Å²) in [6, 6.07) is 0. The van der Waals surface area contributed by atoms with Gasteiger partial charge in [-0.1, -0.05) is 20.3 Å². The summed E-state index contributed by atoms with van der Waals surface area (Å²) in [7, 11) is 0. The van der Waals surface area contributed by atoms with Crippen molar-refractivity contribution in [3.8, 4) is 0 Å². The van der Waals surface area contributed by atoms with Gasteiger partial charge in [0.05, 0.1) is 6.54 Å². The highest BCUT2D eigenvalue weighted by molar-refractivity contribution is 5.80. The molecule has 0 aromatic rings. The SMILES string of the molecule is C1=NNCC2=C1CCCCC2.CC. The molecule has 1 aliphatic heterocycles. The molecule has 0 bridgehead atoms. The van der Waals surface area contributed by atoms with Crippen LogP contribution in [0.4, 0.5) is 0 Å². The fourth-order valence-electron chi connectivity index (χ4n) is 1.79. The van der Waals surface area contributed by atoms with E-state index in [0.717, 1.165) is 6.54 Å². The minimum atomic E-state index is 0.992. The van der Waals surface area contributed by atoms with Crippen LogP contribution >= 0.6 is 0 Å². The summed E-state index contributed by atoms with van der Waals surface area (Å²) in [6.45, 7) is 4.99. The second kappa shape index (κ2) is 5.79. The molecule has 2 rings (SSSR count). The molecule has 0 fully saturated rings. The van der Waals surface area contributed by atoms with E-state index in [1.807, 2.05) is 20.1 Å². The van der Waals surface area contributed by atoms with Crippen LogP contribution in [-0.4, -0.2) is 12.8 Å². The molecule has 74 valence electrons. The molecule has 1 heterocycles. The number of hydrogen-bond acceptors (Lipinski definition) is 2. The van der Waals surface area contributed by atoms with Crippen LogP contribution in [0.1, 0.15) is 46.0 Å². The van der Waals surface area contributed by atoms with Crippen LogP contribution in [0.3, 0.4) is 0 Å². The van der Waals surface area contributed by atoms with Gasteiger partial charge >= 0.3 is 0 Å². The molecule has 0 atom stereocenters. The van der Waals surface area contributed by atoms with Crippen LogP contribution in [0.5, 0.6) is 0 Å². The predicted octanol–water partition coefficient (Wildman–Crippen LogP) is 2.86. The smallest absolute Gasteiger partial charge is 0.0546 e. The minimum Gasteiger partial charge on any atom is -0.306 e. The molecular formula is C11H20N2. The van der Waals surface area contributed by atoms with Crippen molar-refractivity contribution in [2.24, 2.45) is 5.10 Å². The van der Waals surface area contributed by atoms with Crippen LogP contribution in [-0.2, 0) is 0 Å². The van der Waals surface area contributed by atoms with Crippen molar-refractivity contribution < 1.29 is 0 Å². The van der Waals surface area contributed by atoms with E-state index in [1.165, 1.54) is 37.7 Å². The number of nitrogens with zero attached hydrogens (tertiary/aromatic N) is 1. The van der Waals surface area contributed by atoms with Gasteiger partial charge in [0.15, 0.2) is 0 Å². The van der Waals surface area contributed by atoms with Gasteiger partial charge in [0, 0.05) is 6.21 Å². The monoisotopic (exact) mass is 180 g/mol. The van der Waals surface area contributed by atoms with Gasteiger partial charge in [-0.3, -0.25) is 0 Å². The van der Waals surface area contributed by atoms with Gasteiger partial charge in [-0.05, 0) is 36.8 Å². The number of allylic oxidation sites excluding steroid dienone is 1. The summed E-state index contributed by atoms with van der Waals surface area (Å²) < 4.78 is 0. The maximum Gasteiger partial charge on any atom is 0.0546 e. The van der Waals surface area contributed by atoms with E-state index in [1.54, 1.807) is 5.57 Å². The Labute approximate surface area is 81.1 Å². The second-order valence-electron chi connectivity index (χ2n) is 3.28. The zero-order valence-electron chi connectivity index (χ0n) is 8.77. The third kappa shape index (κ3) is 2.87. The highest BCUT2D eigenvalue weighted by Gasteiger charge is 2.11. The van der Waals surface area contributed by atoms with Crippen molar-refractivity contribution in [3.05, 3.63) is 11.1 Å². The van der Waals surface area contributed by atoms with Gasteiger partial charge < -0.3 is 5.43 Å². The first-order valence-corrected chi connectivity index (χ1v) is 5.43. The van der Waals surface area contributed by atoms with Crippen LogP contribution in [0, 0.1) is 0 Å².